The molecule has 0 bridgehead atoms. The van der Waals surface area contributed by atoms with Gasteiger partial charge in [-0.15, -0.1) is 0 Å². The molecule has 2 rings (SSSR count). The zero-order chi connectivity index (χ0) is 16.9. The summed E-state index contributed by atoms with van der Waals surface area (Å²) in [5.74, 6) is -0.555. The van der Waals surface area contributed by atoms with Crippen molar-refractivity contribution in [3.63, 3.8) is 0 Å². The number of hydrogen-bond acceptors (Lipinski definition) is 6. The zero-order valence-electron chi connectivity index (χ0n) is 12.8. The third-order valence-electron chi connectivity index (χ3n) is 2.94. The van der Waals surface area contributed by atoms with Crippen molar-refractivity contribution in [2.45, 2.75) is 31.3 Å². The number of nitrogens with zero attached hydrogens (tertiary/aromatic N) is 3. The van der Waals surface area contributed by atoms with Gasteiger partial charge in [0, 0.05) is 6.04 Å². The van der Waals surface area contributed by atoms with Crippen LogP contribution in [0.1, 0.15) is 24.2 Å². The molecule has 0 saturated heterocycles. The standard InChI is InChI=1S/C14H18N4O4S/c1-3-22-14(19)12-5-4-6-13(7-12)23(20,21)17-11(2)8-18-10-15-9-16-18/h4-7,9-11,17H,3,8H2,1-2H3. The average Bonchev–Trinajstić information content (AvgIpc) is 3.00. The van der Waals surface area contributed by atoms with Crippen LogP contribution in [0.2, 0.25) is 0 Å². The quantitative estimate of drug-likeness (QED) is 0.750. The summed E-state index contributed by atoms with van der Waals surface area (Å²) < 4.78 is 33.7. The summed E-state index contributed by atoms with van der Waals surface area (Å²) in [6.45, 7) is 3.97. The highest BCUT2D eigenvalue weighted by Crippen LogP contribution is 2.13. The Morgan fingerprint density at radius 2 is 2.22 bits per heavy atom. The van der Waals surface area contributed by atoms with Crippen LogP contribution in [0.15, 0.2) is 41.8 Å². The van der Waals surface area contributed by atoms with Crippen LogP contribution >= 0.6 is 0 Å². The fourth-order valence-electron chi connectivity index (χ4n) is 1.98. The smallest absolute Gasteiger partial charge is 0.338 e. The van der Waals surface area contributed by atoms with Gasteiger partial charge in [-0.1, -0.05) is 6.07 Å². The molecule has 1 N–H and O–H groups in total. The van der Waals surface area contributed by atoms with Crippen molar-refractivity contribution in [3.8, 4) is 0 Å². The van der Waals surface area contributed by atoms with Crippen LogP contribution < -0.4 is 4.72 Å². The second kappa shape index (κ2) is 7.34. The molecule has 1 aromatic carbocycles. The second-order valence-electron chi connectivity index (χ2n) is 4.89. The van der Waals surface area contributed by atoms with Crippen LogP contribution in [0.4, 0.5) is 0 Å². The average molecular weight is 338 g/mol. The monoisotopic (exact) mass is 338 g/mol. The Bertz CT molecular complexity index is 759. The summed E-state index contributed by atoms with van der Waals surface area (Å²) >= 11 is 0. The summed E-state index contributed by atoms with van der Waals surface area (Å²) in [5.41, 5.74) is 0.193. The van der Waals surface area contributed by atoms with E-state index in [4.69, 9.17) is 4.74 Å². The lowest BCUT2D eigenvalue weighted by Crippen LogP contribution is -2.35. The van der Waals surface area contributed by atoms with Crippen LogP contribution in [0.25, 0.3) is 0 Å². The highest BCUT2D eigenvalue weighted by Gasteiger charge is 2.19. The molecule has 0 aliphatic heterocycles. The largest absolute Gasteiger partial charge is 0.462 e. The molecule has 0 aliphatic rings. The highest BCUT2D eigenvalue weighted by atomic mass is 32.2. The molecule has 0 amide bonds. The van der Waals surface area contributed by atoms with Gasteiger partial charge in [0.25, 0.3) is 0 Å². The molecule has 0 spiro atoms. The van der Waals surface area contributed by atoms with Gasteiger partial charge < -0.3 is 4.74 Å². The molecule has 9 heteroatoms. The topological polar surface area (TPSA) is 103 Å². The lowest BCUT2D eigenvalue weighted by Gasteiger charge is -2.14. The molecule has 0 radical (unpaired) electrons. The first kappa shape index (κ1) is 17.1. The van der Waals surface area contributed by atoms with E-state index in [0.717, 1.165) is 0 Å². The molecule has 1 atom stereocenters. The van der Waals surface area contributed by atoms with E-state index in [2.05, 4.69) is 14.8 Å². The maximum absolute atomic E-state index is 12.4. The highest BCUT2D eigenvalue weighted by molar-refractivity contribution is 7.89. The number of aromatic nitrogens is 3. The van der Waals surface area contributed by atoms with Crippen molar-refractivity contribution in [3.05, 3.63) is 42.5 Å². The van der Waals surface area contributed by atoms with Gasteiger partial charge in [-0.2, -0.15) is 5.10 Å². The number of ether oxygens (including phenoxy) is 1. The van der Waals surface area contributed by atoms with Crippen molar-refractivity contribution in [1.82, 2.24) is 19.5 Å². The molecule has 1 aromatic heterocycles. The van der Waals surface area contributed by atoms with E-state index in [9.17, 15) is 13.2 Å². The number of carbonyl (C=O) groups is 1. The Balaban J connectivity index is 2.12. The van der Waals surface area contributed by atoms with E-state index in [1.165, 1.54) is 41.6 Å². The third-order valence-corrected chi connectivity index (χ3v) is 4.53. The molecule has 1 heterocycles. The van der Waals surface area contributed by atoms with E-state index in [-0.39, 0.29) is 17.1 Å². The van der Waals surface area contributed by atoms with Crippen LogP contribution in [0.3, 0.4) is 0 Å². The molecule has 1 unspecified atom stereocenters. The van der Waals surface area contributed by atoms with Gasteiger partial charge in [0.1, 0.15) is 12.7 Å². The normalized spacial score (nSPS) is 12.8. The number of rotatable bonds is 7. The van der Waals surface area contributed by atoms with E-state index in [1.54, 1.807) is 13.8 Å². The summed E-state index contributed by atoms with van der Waals surface area (Å²) in [4.78, 5) is 15.5. The zero-order valence-corrected chi connectivity index (χ0v) is 13.7. The molecule has 0 saturated carbocycles. The number of benzene rings is 1. The van der Waals surface area contributed by atoms with Gasteiger partial charge >= 0.3 is 5.97 Å². The van der Waals surface area contributed by atoms with Gasteiger partial charge in [-0.25, -0.2) is 22.9 Å². The molecule has 23 heavy (non-hydrogen) atoms. The number of nitrogens with one attached hydrogen (secondary N) is 1. The number of esters is 1. The lowest BCUT2D eigenvalue weighted by atomic mass is 10.2. The van der Waals surface area contributed by atoms with Gasteiger partial charge in [0.2, 0.25) is 10.0 Å². The summed E-state index contributed by atoms with van der Waals surface area (Å²) in [6, 6.07) is 5.34. The third kappa shape index (κ3) is 4.60. The first-order chi connectivity index (χ1) is 10.9. The van der Waals surface area contributed by atoms with E-state index >= 15 is 0 Å². The first-order valence-electron chi connectivity index (χ1n) is 7.04. The van der Waals surface area contributed by atoms with E-state index in [1.807, 2.05) is 0 Å². The molecule has 0 fully saturated rings. The van der Waals surface area contributed by atoms with E-state index in [0.29, 0.717) is 6.54 Å². The maximum atomic E-state index is 12.4. The van der Waals surface area contributed by atoms with Gasteiger partial charge in [0.15, 0.2) is 0 Å². The Hall–Kier alpha value is -2.26. The van der Waals surface area contributed by atoms with Gasteiger partial charge in [-0.05, 0) is 32.0 Å². The SMILES string of the molecule is CCOC(=O)c1cccc(S(=O)(=O)NC(C)Cn2cncn2)c1. The van der Waals surface area contributed by atoms with Crippen LogP contribution in [-0.4, -0.2) is 41.8 Å². The molecule has 0 aliphatic carbocycles. The van der Waals surface area contributed by atoms with Crippen molar-refractivity contribution >= 4 is 16.0 Å². The predicted octanol–water partition coefficient (Wildman–Crippen LogP) is 0.822. The van der Waals surface area contributed by atoms with Crippen LogP contribution in [0, 0.1) is 0 Å². The molecule has 124 valence electrons. The molecular weight excluding hydrogens is 320 g/mol. The molecule has 2 aromatic rings. The first-order valence-corrected chi connectivity index (χ1v) is 8.52. The number of hydrogen-bond donors (Lipinski definition) is 1. The minimum absolute atomic E-state index is 0.00786. The second-order valence-corrected chi connectivity index (χ2v) is 6.60. The summed E-state index contributed by atoms with van der Waals surface area (Å²) in [7, 11) is -3.75. The lowest BCUT2D eigenvalue weighted by molar-refractivity contribution is 0.0526. The maximum Gasteiger partial charge on any atom is 0.338 e. The van der Waals surface area contributed by atoms with Gasteiger partial charge in [0.05, 0.1) is 23.6 Å². The summed E-state index contributed by atoms with van der Waals surface area (Å²) in [5, 5.41) is 3.93. The van der Waals surface area contributed by atoms with E-state index < -0.39 is 22.0 Å². The van der Waals surface area contributed by atoms with Crippen molar-refractivity contribution in [2.24, 2.45) is 0 Å². The number of carbonyl (C=O) groups excluding carboxylic acids is 1. The minimum atomic E-state index is -3.75. The number of sulfonamides is 1. The minimum Gasteiger partial charge on any atom is -0.462 e. The fraction of sp³-hybridized carbons (Fsp3) is 0.357. The molecular formula is C14H18N4O4S. The summed E-state index contributed by atoms with van der Waals surface area (Å²) in [6.07, 6.45) is 2.89. The van der Waals surface area contributed by atoms with Gasteiger partial charge in [-0.3, -0.25) is 4.68 Å². The predicted molar refractivity (Wildman–Crippen MR) is 82.2 cm³/mol. The Morgan fingerprint density at radius 3 is 2.87 bits per heavy atom. The Labute approximate surface area is 134 Å². The Kier molecular flexibility index (Phi) is 5.45. The van der Waals surface area contributed by atoms with Crippen LogP contribution in [0.5, 0.6) is 0 Å². The molecule has 8 nitrogen and oxygen atoms in total. The Morgan fingerprint density at radius 1 is 1.43 bits per heavy atom. The van der Waals surface area contributed by atoms with Crippen LogP contribution in [-0.2, 0) is 21.3 Å². The fourth-order valence-corrected chi connectivity index (χ4v) is 3.26. The van der Waals surface area contributed by atoms with Crippen molar-refractivity contribution in [1.29, 1.82) is 0 Å². The van der Waals surface area contributed by atoms with Crippen molar-refractivity contribution in [2.75, 3.05) is 6.61 Å². The van der Waals surface area contributed by atoms with Crippen molar-refractivity contribution < 1.29 is 17.9 Å².